The lowest BCUT2D eigenvalue weighted by molar-refractivity contribution is -0.173. The van der Waals surface area contributed by atoms with Gasteiger partial charge in [-0.3, -0.25) is 0 Å². The first kappa shape index (κ1) is 21.0. The van der Waals surface area contributed by atoms with E-state index in [4.69, 9.17) is 18.9 Å². The van der Waals surface area contributed by atoms with Gasteiger partial charge in [-0.2, -0.15) is 0 Å². The van der Waals surface area contributed by atoms with Gasteiger partial charge in [-0.15, -0.1) is 0 Å². The molecule has 0 saturated carbocycles. The lowest BCUT2D eigenvalue weighted by atomic mass is 10.2. The Morgan fingerprint density at radius 3 is 1.88 bits per heavy atom. The summed E-state index contributed by atoms with van der Waals surface area (Å²) in [5, 5.41) is 0. The zero-order valence-electron chi connectivity index (χ0n) is 15.2. The monoisotopic (exact) mass is 352 g/mol. The first-order chi connectivity index (χ1) is 12.1. The van der Waals surface area contributed by atoms with Crippen molar-refractivity contribution in [3.8, 4) is 5.75 Å². The number of carbonyl (C=O) groups excluding carboxylic acids is 2. The molecular formula is C19H28O6. The molecule has 0 N–H and O–H groups in total. The standard InChI is InChI=1S/C19H28O6/c1-4-6-13-23-18(20)16(22-3)17(19(21)24-14-7-5-2)25-15-11-9-8-10-12-15/h8-12,16-17H,4-7,13-14H2,1-3H3. The maximum absolute atomic E-state index is 12.4. The number of carbonyl (C=O) groups is 2. The fourth-order valence-electron chi connectivity index (χ4n) is 2.02. The van der Waals surface area contributed by atoms with Crippen LogP contribution in [-0.2, 0) is 23.8 Å². The number of esters is 2. The number of benzene rings is 1. The molecule has 0 fully saturated rings. The fourth-order valence-corrected chi connectivity index (χ4v) is 2.02. The summed E-state index contributed by atoms with van der Waals surface area (Å²) in [7, 11) is 1.34. The number of methoxy groups -OCH3 is 1. The molecule has 0 spiro atoms. The van der Waals surface area contributed by atoms with Gasteiger partial charge in [-0.1, -0.05) is 44.9 Å². The number of hydrogen-bond acceptors (Lipinski definition) is 6. The molecule has 0 radical (unpaired) electrons. The maximum atomic E-state index is 12.4. The van der Waals surface area contributed by atoms with Gasteiger partial charge in [0.15, 0.2) is 0 Å². The molecule has 1 aromatic rings. The molecule has 6 nitrogen and oxygen atoms in total. The van der Waals surface area contributed by atoms with Crippen molar-refractivity contribution < 1.29 is 28.5 Å². The summed E-state index contributed by atoms with van der Waals surface area (Å²) in [5.74, 6) is -0.829. The van der Waals surface area contributed by atoms with Gasteiger partial charge in [0.2, 0.25) is 12.2 Å². The summed E-state index contributed by atoms with van der Waals surface area (Å²) in [4.78, 5) is 24.7. The molecule has 0 amide bonds. The quantitative estimate of drug-likeness (QED) is 0.425. The topological polar surface area (TPSA) is 71.1 Å². The van der Waals surface area contributed by atoms with Gasteiger partial charge in [0, 0.05) is 7.11 Å². The Kier molecular flexibility index (Phi) is 10.3. The number of rotatable bonds is 12. The van der Waals surface area contributed by atoms with Crippen molar-refractivity contribution in [3.63, 3.8) is 0 Å². The van der Waals surface area contributed by atoms with E-state index in [2.05, 4.69) is 0 Å². The minimum absolute atomic E-state index is 0.269. The number of unbranched alkanes of at least 4 members (excludes halogenated alkanes) is 2. The average Bonchev–Trinajstić information content (AvgIpc) is 2.62. The van der Waals surface area contributed by atoms with Crippen LogP contribution in [0.5, 0.6) is 5.75 Å². The summed E-state index contributed by atoms with van der Waals surface area (Å²) in [6.07, 6.45) is 0.859. The molecule has 1 rings (SSSR count). The molecule has 6 heteroatoms. The SMILES string of the molecule is CCCCOC(=O)C(OC)C(Oc1ccccc1)C(=O)OCCCC. The molecule has 0 aromatic heterocycles. The predicted molar refractivity (Wildman–Crippen MR) is 93.4 cm³/mol. The molecule has 2 atom stereocenters. The van der Waals surface area contributed by atoms with Crippen molar-refractivity contribution in [3.05, 3.63) is 30.3 Å². The molecule has 0 heterocycles. The minimum atomic E-state index is -1.22. The van der Waals surface area contributed by atoms with Crippen LogP contribution >= 0.6 is 0 Å². The molecule has 0 aliphatic rings. The van der Waals surface area contributed by atoms with Crippen LogP contribution in [-0.4, -0.2) is 44.5 Å². The molecule has 0 bridgehead atoms. The van der Waals surface area contributed by atoms with Gasteiger partial charge in [-0.05, 0) is 25.0 Å². The fraction of sp³-hybridized carbons (Fsp3) is 0.579. The third kappa shape index (κ3) is 7.56. The second kappa shape index (κ2) is 12.3. The normalized spacial score (nSPS) is 12.9. The summed E-state index contributed by atoms with van der Waals surface area (Å²) < 4.78 is 21.3. The summed E-state index contributed by atoms with van der Waals surface area (Å²) in [6, 6.07) is 8.77. The van der Waals surface area contributed by atoms with E-state index in [0.717, 1.165) is 25.7 Å². The molecule has 25 heavy (non-hydrogen) atoms. The number of para-hydroxylation sites is 1. The Morgan fingerprint density at radius 2 is 1.40 bits per heavy atom. The van der Waals surface area contributed by atoms with Crippen LogP contribution in [0.4, 0.5) is 0 Å². The zero-order chi connectivity index (χ0) is 18.5. The van der Waals surface area contributed by atoms with Crippen LogP contribution in [0.15, 0.2) is 30.3 Å². The minimum Gasteiger partial charge on any atom is -0.475 e. The highest BCUT2D eigenvalue weighted by atomic mass is 16.6. The number of hydrogen-bond donors (Lipinski definition) is 0. The molecular weight excluding hydrogens is 324 g/mol. The summed E-state index contributed by atoms with van der Waals surface area (Å²) >= 11 is 0. The van der Waals surface area contributed by atoms with E-state index in [1.807, 2.05) is 19.9 Å². The zero-order valence-corrected chi connectivity index (χ0v) is 15.2. The lowest BCUT2D eigenvalue weighted by Crippen LogP contribution is -2.47. The number of ether oxygens (including phenoxy) is 4. The Hall–Kier alpha value is -2.08. The third-order valence-electron chi connectivity index (χ3n) is 3.48. The molecule has 0 aliphatic heterocycles. The largest absolute Gasteiger partial charge is 0.475 e. The molecule has 0 saturated heterocycles. The van der Waals surface area contributed by atoms with Crippen molar-refractivity contribution >= 4 is 11.9 Å². The highest BCUT2D eigenvalue weighted by Gasteiger charge is 2.38. The third-order valence-corrected chi connectivity index (χ3v) is 3.48. The second-order valence-electron chi connectivity index (χ2n) is 5.55. The molecule has 1 aromatic carbocycles. The Morgan fingerprint density at radius 1 is 0.880 bits per heavy atom. The predicted octanol–water partition coefficient (Wildman–Crippen LogP) is 3.14. The van der Waals surface area contributed by atoms with E-state index in [0.29, 0.717) is 5.75 Å². The van der Waals surface area contributed by atoms with Crippen molar-refractivity contribution in [1.82, 2.24) is 0 Å². The van der Waals surface area contributed by atoms with E-state index in [1.54, 1.807) is 24.3 Å². The van der Waals surface area contributed by atoms with Crippen molar-refractivity contribution in [1.29, 1.82) is 0 Å². The van der Waals surface area contributed by atoms with Crippen LogP contribution in [0.3, 0.4) is 0 Å². The van der Waals surface area contributed by atoms with Crippen LogP contribution in [0.2, 0.25) is 0 Å². The van der Waals surface area contributed by atoms with Crippen molar-refractivity contribution in [2.45, 2.75) is 51.7 Å². The van der Waals surface area contributed by atoms with Gasteiger partial charge in [-0.25, -0.2) is 9.59 Å². The maximum Gasteiger partial charge on any atom is 0.350 e. The summed E-state index contributed by atoms with van der Waals surface area (Å²) in [5.41, 5.74) is 0. The smallest absolute Gasteiger partial charge is 0.350 e. The first-order valence-electron chi connectivity index (χ1n) is 8.71. The van der Waals surface area contributed by atoms with E-state index in [1.165, 1.54) is 7.11 Å². The van der Waals surface area contributed by atoms with Gasteiger partial charge >= 0.3 is 11.9 Å². The van der Waals surface area contributed by atoms with Crippen molar-refractivity contribution in [2.75, 3.05) is 20.3 Å². The van der Waals surface area contributed by atoms with Crippen LogP contribution in [0.1, 0.15) is 39.5 Å². The van der Waals surface area contributed by atoms with Crippen LogP contribution in [0.25, 0.3) is 0 Å². The van der Waals surface area contributed by atoms with Gasteiger partial charge in [0.25, 0.3) is 0 Å². The van der Waals surface area contributed by atoms with E-state index < -0.39 is 24.1 Å². The van der Waals surface area contributed by atoms with Crippen LogP contribution < -0.4 is 4.74 Å². The second-order valence-corrected chi connectivity index (χ2v) is 5.55. The highest BCUT2D eigenvalue weighted by Crippen LogP contribution is 2.16. The lowest BCUT2D eigenvalue weighted by Gasteiger charge is -2.24. The van der Waals surface area contributed by atoms with E-state index >= 15 is 0 Å². The average molecular weight is 352 g/mol. The van der Waals surface area contributed by atoms with Gasteiger partial charge < -0.3 is 18.9 Å². The Labute approximate surface area is 149 Å². The molecule has 0 aliphatic carbocycles. The van der Waals surface area contributed by atoms with Gasteiger partial charge in [0.05, 0.1) is 13.2 Å². The first-order valence-corrected chi connectivity index (χ1v) is 8.71. The highest BCUT2D eigenvalue weighted by molar-refractivity contribution is 5.86. The van der Waals surface area contributed by atoms with E-state index in [-0.39, 0.29) is 13.2 Å². The van der Waals surface area contributed by atoms with Crippen molar-refractivity contribution in [2.24, 2.45) is 0 Å². The Balaban J connectivity index is 2.85. The van der Waals surface area contributed by atoms with E-state index in [9.17, 15) is 9.59 Å². The summed E-state index contributed by atoms with van der Waals surface area (Å²) in [6.45, 7) is 4.53. The Bertz CT molecular complexity index is 502. The van der Waals surface area contributed by atoms with Gasteiger partial charge in [0.1, 0.15) is 5.75 Å². The molecule has 2 unspecified atom stereocenters. The van der Waals surface area contributed by atoms with Crippen LogP contribution in [0, 0.1) is 0 Å². The molecule has 140 valence electrons.